The average Bonchev–Trinajstić information content (AvgIpc) is 1.87. The number of amides is 1. The molecule has 0 spiro atoms. The molecule has 3 heteroatoms. The van der Waals surface area contributed by atoms with Crippen LogP contribution >= 0.6 is 0 Å². The predicted octanol–water partition coefficient (Wildman–Crippen LogP) is 0.755. The Kier molecular flexibility index (Phi) is 4.03. The third kappa shape index (κ3) is 3.45. The molecule has 0 rings (SSSR count). The van der Waals surface area contributed by atoms with Crippen LogP contribution in [0.3, 0.4) is 0 Å². The van der Waals surface area contributed by atoms with E-state index < -0.39 is 0 Å². The van der Waals surface area contributed by atoms with E-state index in [4.69, 9.17) is 5.84 Å². The molecule has 60 valence electrons. The van der Waals surface area contributed by atoms with Gasteiger partial charge in [0.1, 0.15) is 0 Å². The van der Waals surface area contributed by atoms with Gasteiger partial charge in [-0.15, -0.1) is 0 Å². The van der Waals surface area contributed by atoms with Crippen LogP contribution in [0.2, 0.25) is 0 Å². The van der Waals surface area contributed by atoms with Crippen LogP contribution in [-0.4, -0.2) is 18.0 Å². The zero-order chi connectivity index (χ0) is 8.15. The minimum absolute atomic E-state index is 0.00866. The number of hydrazine groups is 1. The van der Waals surface area contributed by atoms with Gasteiger partial charge in [0, 0.05) is 13.5 Å². The van der Waals surface area contributed by atoms with E-state index in [9.17, 15) is 4.79 Å². The van der Waals surface area contributed by atoms with Crippen molar-refractivity contribution >= 4 is 5.91 Å². The monoisotopic (exact) mass is 144 g/mol. The van der Waals surface area contributed by atoms with Gasteiger partial charge in [-0.25, -0.2) is 5.84 Å². The van der Waals surface area contributed by atoms with E-state index in [0.717, 1.165) is 11.4 Å². The van der Waals surface area contributed by atoms with Gasteiger partial charge in [-0.2, -0.15) is 0 Å². The molecule has 0 heterocycles. The van der Waals surface area contributed by atoms with Crippen molar-refractivity contribution < 1.29 is 4.79 Å². The lowest BCUT2D eigenvalue weighted by molar-refractivity contribution is -0.131. The van der Waals surface area contributed by atoms with Crippen LogP contribution in [-0.2, 0) is 4.79 Å². The first-order valence-corrected chi connectivity index (χ1v) is 3.59. The topological polar surface area (TPSA) is 46.3 Å². The molecule has 3 nitrogen and oxygen atoms in total. The Morgan fingerprint density at radius 2 is 2.20 bits per heavy atom. The molecular weight excluding hydrogens is 128 g/mol. The van der Waals surface area contributed by atoms with E-state index in [1.165, 1.54) is 0 Å². The summed E-state index contributed by atoms with van der Waals surface area (Å²) in [6.45, 7) is 4.11. The largest absolute Gasteiger partial charge is 0.284 e. The summed E-state index contributed by atoms with van der Waals surface area (Å²) in [4.78, 5) is 10.9. The Balaban J connectivity index is 3.57. The van der Waals surface area contributed by atoms with Crippen LogP contribution in [0.1, 0.15) is 26.7 Å². The standard InChI is InChI=1S/C7H16N2O/c1-4-6(2)5-7(10)9(3)8/h6H,4-5,8H2,1-3H3. The SMILES string of the molecule is CCC(C)CC(=O)N(C)N. The van der Waals surface area contributed by atoms with E-state index in [0.29, 0.717) is 12.3 Å². The smallest absolute Gasteiger partial charge is 0.236 e. The molecule has 0 aromatic heterocycles. The van der Waals surface area contributed by atoms with E-state index in [1.807, 2.05) is 6.92 Å². The number of nitrogens with two attached hydrogens (primary N) is 1. The predicted molar refractivity (Wildman–Crippen MR) is 41.0 cm³/mol. The molecule has 0 aliphatic rings. The Morgan fingerprint density at radius 3 is 2.50 bits per heavy atom. The highest BCUT2D eigenvalue weighted by atomic mass is 16.2. The van der Waals surface area contributed by atoms with Crippen LogP contribution in [0.4, 0.5) is 0 Å². The molecule has 0 aromatic rings. The van der Waals surface area contributed by atoms with Crippen molar-refractivity contribution in [1.82, 2.24) is 5.01 Å². The normalized spacial score (nSPS) is 12.8. The number of carbonyl (C=O) groups excluding carboxylic acids is 1. The third-order valence-corrected chi connectivity index (χ3v) is 1.61. The van der Waals surface area contributed by atoms with Crippen LogP contribution in [0.25, 0.3) is 0 Å². The summed E-state index contributed by atoms with van der Waals surface area (Å²) in [5.41, 5.74) is 0. The highest BCUT2D eigenvalue weighted by molar-refractivity contribution is 5.75. The third-order valence-electron chi connectivity index (χ3n) is 1.61. The lowest BCUT2D eigenvalue weighted by Gasteiger charge is -2.12. The molecule has 0 fully saturated rings. The summed E-state index contributed by atoms with van der Waals surface area (Å²) < 4.78 is 0. The van der Waals surface area contributed by atoms with Crippen molar-refractivity contribution in [3.63, 3.8) is 0 Å². The highest BCUT2D eigenvalue weighted by Gasteiger charge is 2.08. The Morgan fingerprint density at radius 1 is 1.70 bits per heavy atom. The molecule has 0 aliphatic heterocycles. The maximum absolute atomic E-state index is 10.9. The van der Waals surface area contributed by atoms with Gasteiger partial charge in [0.05, 0.1) is 0 Å². The zero-order valence-electron chi connectivity index (χ0n) is 6.92. The Hall–Kier alpha value is -0.570. The van der Waals surface area contributed by atoms with Crippen molar-refractivity contribution in [2.75, 3.05) is 7.05 Å². The van der Waals surface area contributed by atoms with E-state index in [1.54, 1.807) is 7.05 Å². The molecule has 1 amide bonds. The number of hydrogen-bond donors (Lipinski definition) is 1. The van der Waals surface area contributed by atoms with Gasteiger partial charge in [-0.1, -0.05) is 20.3 Å². The molecule has 0 saturated carbocycles. The van der Waals surface area contributed by atoms with Gasteiger partial charge in [0.25, 0.3) is 0 Å². The fourth-order valence-corrected chi connectivity index (χ4v) is 0.586. The van der Waals surface area contributed by atoms with Crippen LogP contribution in [0.15, 0.2) is 0 Å². The summed E-state index contributed by atoms with van der Waals surface area (Å²) in [5.74, 6) is 5.67. The van der Waals surface area contributed by atoms with Gasteiger partial charge in [-0.05, 0) is 5.92 Å². The second-order valence-electron chi connectivity index (χ2n) is 2.72. The van der Waals surface area contributed by atoms with Gasteiger partial charge in [0.15, 0.2) is 0 Å². The fraction of sp³-hybridized carbons (Fsp3) is 0.857. The molecule has 1 unspecified atom stereocenters. The van der Waals surface area contributed by atoms with Crippen molar-refractivity contribution in [3.8, 4) is 0 Å². The summed E-state index contributed by atoms with van der Waals surface area (Å²) in [6.07, 6.45) is 1.59. The maximum Gasteiger partial charge on any atom is 0.236 e. The maximum atomic E-state index is 10.9. The lowest BCUT2D eigenvalue weighted by Crippen LogP contribution is -2.33. The molecule has 0 radical (unpaired) electrons. The summed E-state index contributed by atoms with van der Waals surface area (Å²) in [7, 11) is 1.57. The van der Waals surface area contributed by atoms with Crippen molar-refractivity contribution in [3.05, 3.63) is 0 Å². The Bertz CT molecular complexity index is 112. The zero-order valence-corrected chi connectivity index (χ0v) is 6.92. The van der Waals surface area contributed by atoms with Crippen LogP contribution in [0, 0.1) is 5.92 Å². The van der Waals surface area contributed by atoms with Crippen LogP contribution < -0.4 is 5.84 Å². The van der Waals surface area contributed by atoms with Crippen molar-refractivity contribution in [1.29, 1.82) is 0 Å². The minimum Gasteiger partial charge on any atom is -0.284 e. The molecule has 10 heavy (non-hydrogen) atoms. The number of carbonyl (C=O) groups is 1. The second-order valence-corrected chi connectivity index (χ2v) is 2.72. The average molecular weight is 144 g/mol. The van der Waals surface area contributed by atoms with E-state index in [2.05, 4.69) is 6.92 Å². The quantitative estimate of drug-likeness (QED) is 0.361. The van der Waals surface area contributed by atoms with Gasteiger partial charge < -0.3 is 0 Å². The molecule has 1 atom stereocenters. The van der Waals surface area contributed by atoms with E-state index in [-0.39, 0.29) is 5.91 Å². The molecular formula is C7H16N2O. The molecule has 0 bridgehead atoms. The van der Waals surface area contributed by atoms with Crippen molar-refractivity contribution in [2.24, 2.45) is 11.8 Å². The first-order valence-electron chi connectivity index (χ1n) is 3.59. The summed E-state index contributed by atoms with van der Waals surface area (Å²) in [5, 5.41) is 1.14. The first-order chi connectivity index (χ1) is 4.57. The summed E-state index contributed by atoms with van der Waals surface area (Å²) >= 11 is 0. The second kappa shape index (κ2) is 4.28. The minimum atomic E-state index is 0.00866. The molecule has 0 aliphatic carbocycles. The summed E-state index contributed by atoms with van der Waals surface area (Å²) in [6, 6.07) is 0. The van der Waals surface area contributed by atoms with Gasteiger partial charge in [0.2, 0.25) is 5.91 Å². The van der Waals surface area contributed by atoms with Crippen molar-refractivity contribution in [2.45, 2.75) is 26.7 Å². The fourth-order valence-electron chi connectivity index (χ4n) is 0.586. The Labute approximate surface area is 62.2 Å². The number of hydrogen-bond acceptors (Lipinski definition) is 2. The molecule has 2 N–H and O–H groups in total. The van der Waals surface area contributed by atoms with Gasteiger partial charge >= 0.3 is 0 Å². The first kappa shape index (κ1) is 9.43. The lowest BCUT2D eigenvalue weighted by atomic mass is 10.1. The van der Waals surface area contributed by atoms with Gasteiger partial charge in [-0.3, -0.25) is 9.80 Å². The highest BCUT2D eigenvalue weighted by Crippen LogP contribution is 2.06. The van der Waals surface area contributed by atoms with Crippen LogP contribution in [0.5, 0.6) is 0 Å². The molecule has 0 aromatic carbocycles. The molecule has 0 saturated heterocycles. The van der Waals surface area contributed by atoms with E-state index >= 15 is 0 Å². The number of rotatable bonds is 3. The number of nitrogens with zero attached hydrogens (tertiary/aromatic N) is 1.